The van der Waals surface area contributed by atoms with Gasteiger partial charge in [-0.3, -0.25) is 0 Å². The van der Waals surface area contributed by atoms with Crippen molar-refractivity contribution < 1.29 is 13.5 Å². The maximum atomic E-state index is 13.8. The van der Waals surface area contributed by atoms with E-state index in [0.29, 0.717) is 6.61 Å². The Morgan fingerprint density at radius 1 is 1.29 bits per heavy atom. The Labute approximate surface area is 125 Å². The summed E-state index contributed by atoms with van der Waals surface area (Å²) >= 11 is 0. The van der Waals surface area contributed by atoms with E-state index in [1.807, 2.05) is 6.92 Å². The molecule has 0 saturated carbocycles. The molecule has 0 radical (unpaired) electrons. The Bertz CT molecular complexity index is 454. The molecule has 0 bridgehead atoms. The molecular formula is C17H25F2NO. The summed E-state index contributed by atoms with van der Waals surface area (Å²) in [5.41, 5.74) is 0.0336. The average Bonchev–Trinajstić information content (AvgIpc) is 2.47. The summed E-state index contributed by atoms with van der Waals surface area (Å²) < 4.78 is 33.6. The van der Waals surface area contributed by atoms with Crippen LogP contribution in [0.25, 0.3) is 0 Å². The molecule has 21 heavy (non-hydrogen) atoms. The van der Waals surface area contributed by atoms with Gasteiger partial charge in [-0.1, -0.05) is 19.9 Å². The number of hydrogen-bond acceptors (Lipinski definition) is 2. The molecule has 1 aromatic carbocycles. The van der Waals surface area contributed by atoms with Crippen LogP contribution in [0.1, 0.15) is 58.1 Å². The van der Waals surface area contributed by atoms with Gasteiger partial charge in [-0.15, -0.1) is 0 Å². The minimum atomic E-state index is -0.487. The van der Waals surface area contributed by atoms with Crippen LogP contribution in [-0.4, -0.2) is 18.2 Å². The highest BCUT2D eigenvalue weighted by Crippen LogP contribution is 2.32. The first-order valence-corrected chi connectivity index (χ1v) is 7.85. The molecule has 2 rings (SSSR count). The molecule has 1 N–H and O–H groups in total. The second-order valence-corrected chi connectivity index (χ2v) is 5.95. The summed E-state index contributed by atoms with van der Waals surface area (Å²) in [6.45, 7) is 6.78. The van der Waals surface area contributed by atoms with Crippen molar-refractivity contribution >= 4 is 0 Å². The largest absolute Gasteiger partial charge is 0.375 e. The van der Waals surface area contributed by atoms with Gasteiger partial charge in [0, 0.05) is 24.3 Å². The molecule has 1 heterocycles. The first-order chi connectivity index (χ1) is 10.0. The summed E-state index contributed by atoms with van der Waals surface area (Å²) in [7, 11) is 0. The van der Waals surface area contributed by atoms with Crippen LogP contribution in [0.15, 0.2) is 18.2 Å². The Kier molecular flexibility index (Phi) is 5.33. The molecule has 118 valence electrons. The zero-order valence-electron chi connectivity index (χ0n) is 13.1. The average molecular weight is 297 g/mol. The molecule has 0 aliphatic carbocycles. The lowest BCUT2D eigenvalue weighted by atomic mass is 9.85. The molecular weight excluding hydrogens is 272 g/mol. The van der Waals surface area contributed by atoms with Crippen molar-refractivity contribution in [2.75, 3.05) is 6.61 Å². The molecule has 2 nitrogen and oxygen atoms in total. The summed E-state index contributed by atoms with van der Waals surface area (Å²) in [5, 5.41) is 3.38. The van der Waals surface area contributed by atoms with Crippen LogP contribution in [0.4, 0.5) is 8.78 Å². The van der Waals surface area contributed by atoms with Crippen molar-refractivity contribution in [3.05, 3.63) is 35.4 Å². The number of benzene rings is 1. The number of ether oxygens (including phenoxy) is 1. The minimum Gasteiger partial charge on any atom is -0.375 e. The third kappa shape index (κ3) is 3.61. The smallest absolute Gasteiger partial charge is 0.130 e. The van der Waals surface area contributed by atoms with Crippen molar-refractivity contribution in [1.82, 2.24) is 5.32 Å². The van der Waals surface area contributed by atoms with E-state index in [-0.39, 0.29) is 23.2 Å². The van der Waals surface area contributed by atoms with Crippen molar-refractivity contribution in [3.63, 3.8) is 0 Å². The molecule has 2 atom stereocenters. The second-order valence-electron chi connectivity index (χ2n) is 5.95. The molecule has 0 aromatic heterocycles. The number of hydrogen-bond donors (Lipinski definition) is 1. The van der Waals surface area contributed by atoms with E-state index in [0.717, 1.165) is 25.7 Å². The van der Waals surface area contributed by atoms with Crippen LogP contribution in [0, 0.1) is 11.6 Å². The van der Waals surface area contributed by atoms with E-state index in [9.17, 15) is 8.78 Å². The van der Waals surface area contributed by atoms with Gasteiger partial charge in [0.2, 0.25) is 0 Å². The Morgan fingerprint density at radius 3 is 2.48 bits per heavy atom. The lowest BCUT2D eigenvalue weighted by molar-refractivity contribution is -0.0940. The summed E-state index contributed by atoms with van der Waals surface area (Å²) in [6.07, 6.45) is 3.69. The van der Waals surface area contributed by atoms with E-state index < -0.39 is 11.6 Å². The van der Waals surface area contributed by atoms with Gasteiger partial charge in [-0.05, 0) is 44.7 Å². The van der Waals surface area contributed by atoms with Crippen LogP contribution in [0.3, 0.4) is 0 Å². The van der Waals surface area contributed by atoms with E-state index in [1.54, 1.807) is 0 Å². The standard InChI is InChI=1S/C17H25F2NO/c1-4-17(5-2)11-13(9-10-21-17)20-12(3)16-14(18)7-6-8-15(16)19/h6-8,12-13,20H,4-5,9-11H2,1-3H3. The SMILES string of the molecule is CCC1(CC)CC(NC(C)c2c(F)cccc2F)CCO1. The molecule has 1 saturated heterocycles. The molecule has 0 spiro atoms. The lowest BCUT2D eigenvalue weighted by Crippen LogP contribution is -2.47. The van der Waals surface area contributed by atoms with Crippen molar-refractivity contribution in [1.29, 1.82) is 0 Å². The summed E-state index contributed by atoms with van der Waals surface area (Å²) in [6, 6.07) is 3.90. The van der Waals surface area contributed by atoms with E-state index in [1.165, 1.54) is 18.2 Å². The van der Waals surface area contributed by atoms with Gasteiger partial charge in [0.05, 0.1) is 5.60 Å². The summed E-state index contributed by atoms with van der Waals surface area (Å²) in [4.78, 5) is 0. The van der Waals surface area contributed by atoms with Crippen LogP contribution in [0.5, 0.6) is 0 Å². The Hall–Kier alpha value is -1.00. The number of nitrogens with one attached hydrogen (secondary N) is 1. The number of rotatable bonds is 5. The first-order valence-electron chi connectivity index (χ1n) is 7.85. The normalized spacial score (nSPS) is 23.0. The van der Waals surface area contributed by atoms with Gasteiger partial charge in [-0.25, -0.2) is 8.78 Å². The van der Waals surface area contributed by atoms with E-state index in [4.69, 9.17) is 4.74 Å². The third-order valence-electron chi connectivity index (χ3n) is 4.70. The molecule has 0 amide bonds. The monoisotopic (exact) mass is 297 g/mol. The molecule has 1 aliphatic heterocycles. The fourth-order valence-electron chi connectivity index (χ4n) is 3.27. The van der Waals surface area contributed by atoms with Crippen LogP contribution >= 0.6 is 0 Å². The Balaban J connectivity index is 2.07. The van der Waals surface area contributed by atoms with Gasteiger partial charge in [0.1, 0.15) is 11.6 Å². The van der Waals surface area contributed by atoms with Crippen molar-refractivity contribution in [2.45, 2.75) is 64.1 Å². The number of halogens is 2. The maximum Gasteiger partial charge on any atom is 0.130 e. The molecule has 1 fully saturated rings. The zero-order valence-corrected chi connectivity index (χ0v) is 13.1. The fourth-order valence-corrected chi connectivity index (χ4v) is 3.27. The van der Waals surface area contributed by atoms with Gasteiger partial charge < -0.3 is 10.1 Å². The van der Waals surface area contributed by atoms with Crippen molar-refractivity contribution in [2.24, 2.45) is 0 Å². The topological polar surface area (TPSA) is 21.3 Å². The predicted octanol–water partition coefficient (Wildman–Crippen LogP) is 4.35. The van der Waals surface area contributed by atoms with E-state index in [2.05, 4.69) is 19.2 Å². The highest BCUT2D eigenvalue weighted by atomic mass is 19.1. The molecule has 1 aliphatic rings. The maximum absolute atomic E-state index is 13.8. The van der Waals surface area contributed by atoms with Gasteiger partial charge in [0.25, 0.3) is 0 Å². The first kappa shape index (κ1) is 16.4. The third-order valence-corrected chi connectivity index (χ3v) is 4.70. The van der Waals surface area contributed by atoms with Gasteiger partial charge >= 0.3 is 0 Å². The molecule has 2 unspecified atom stereocenters. The minimum absolute atomic E-state index is 0.0938. The van der Waals surface area contributed by atoms with Crippen molar-refractivity contribution in [3.8, 4) is 0 Å². The van der Waals surface area contributed by atoms with Gasteiger partial charge in [-0.2, -0.15) is 0 Å². The lowest BCUT2D eigenvalue weighted by Gasteiger charge is -2.41. The quantitative estimate of drug-likeness (QED) is 0.872. The fraction of sp³-hybridized carbons (Fsp3) is 0.647. The Morgan fingerprint density at radius 2 is 1.90 bits per heavy atom. The van der Waals surface area contributed by atoms with Crippen LogP contribution in [-0.2, 0) is 4.74 Å². The van der Waals surface area contributed by atoms with Crippen LogP contribution < -0.4 is 5.32 Å². The van der Waals surface area contributed by atoms with E-state index >= 15 is 0 Å². The molecule has 4 heteroatoms. The summed E-state index contributed by atoms with van der Waals surface area (Å²) in [5.74, 6) is -0.974. The van der Waals surface area contributed by atoms with Gasteiger partial charge in [0.15, 0.2) is 0 Å². The zero-order chi connectivity index (χ0) is 15.5. The predicted molar refractivity (Wildman–Crippen MR) is 80.2 cm³/mol. The van der Waals surface area contributed by atoms with Crippen LogP contribution in [0.2, 0.25) is 0 Å². The highest BCUT2D eigenvalue weighted by Gasteiger charge is 2.35. The second kappa shape index (κ2) is 6.84. The highest BCUT2D eigenvalue weighted by molar-refractivity contribution is 5.23. The molecule has 1 aromatic rings.